The highest BCUT2D eigenvalue weighted by molar-refractivity contribution is 5.31. The van der Waals surface area contributed by atoms with Crippen molar-refractivity contribution in [1.82, 2.24) is 0 Å². The Balaban J connectivity index is 2.05. The monoisotopic (exact) mass is 224 g/mol. The molecule has 0 aliphatic heterocycles. The van der Waals surface area contributed by atoms with Crippen LogP contribution < -0.4 is 0 Å². The minimum Gasteiger partial charge on any atom is -0.0617 e. The average molecular weight is 224 g/mol. The fraction of sp³-hybridized carbons (Fsp3) is 0.294. The Bertz CT molecular complexity index is 509. The largest absolute Gasteiger partial charge is 0.0617 e. The molecule has 88 valence electrons. The quantitative estimate of drug-likeness (QED) is 0.725. The van der Waals surface area contributed by atoms with Gasteiger partial charge in [-0.1, -0.05) is 48.0 Å². The molecule has 0 aliphatic carbocycles. The number of rotatable bonds is 3. The van der Waals surface area contributed by atoms with Gasteiger partial charge in [0.15, 0.2) is 0 Å². The van der Waals surface area contributed by atoms with E-state index in [4.69, 9.17) is 0 Å². The van der Waals surface area contributed by atoms with E-state index in [-0.39, 0.29) is 0 Å². The summed E-state index contributed by atoms with van der Waals surface area (Å²) in [6.45, 7) is 6.50. The van der Waals surface area contributed by atoms with Crippen molar-refractivity contribution in [3.8, 4) is 0 Å². The Hall–Kier alpha value is -1.56. The Morgan fingerprint density at radius 3 is 2.06 bits per heavy atom. The molecule has 0 fully saturated rings. The third-order valence-electron chi connectivity index (χ3n) is 3.36. The van der Waals surface area contributed by atoms with Gasteiger partial charge in [-0.2, -0.15) is 0 Å². The molecule has 0 unspecified atom stereocenters. The van der Waals surface area contributed by atoms with Crippen molar-refractivity contribution in [2.24, 2.45) is 0 Å². The van der Waals surface area contributed by atoms with Crippen LogP contribution in [0.5, 0.6) is 0 Å². The lowest BCUT2D eigenvalue weighted by atomic mass is 10.00. The molecule has 0 heterocycles. The standard InChI is InChI=1S/C17H20/c1-13-5-4-6-16(11-13)9-10-17-8-7-14(2)15(3)12-17/h4-8,11-12H,9-10H2,1-3H3. The van der Waals surface area contributed by atoms with E-state index in [1.54, 1.807) is 0 Å². The van der Waals surface area contributed by atoms with Crippen LogP contribution in [0.2, 0.25) is 0 Å². The Morgan fingerprint density at radius 2 is 1.41 bits per heavy atom. The molecule has 2 aromatic carbocycles. The summed E-state index contributed by atoms with van der Waals surface area (Å²) >= 11 is 0. The maximum atomic E-state index is 2.31. The van der Waals surface area contributed by atoms with Gasteiger partial charge in [0.25, 0.3) is 0 Å². The second kappa shape index (κ2) is 5.18. The summed E-state index contributed by atoms with van der Waals surface area (Å²) in [6, 6.07) is 15.6. The first-order valence-electron chi connectivity index (χ1n) is 6.27. The van der Waals surface area contributed by atoms with Gasteiger partial charge in [-0.3, -0.25) is 0 Å². The molecule has 0 spiro atoms. The second-order valence-corrected chi connectivity index (χ2v) is 4.91. The van der Waals surface area contributed by atoms with Crippen LogP contribution in [-0.4, -0.2) is 0 Å². The summed E-state index contributed by atoms with van der Waals surface area (Å²) in [5, 5.41) is 0. The SMILES string of the molecule is Cc1cccc(CCc2ccc(C)c(C)c2)c1. The van der Waals surface area contributed by atoms with Gasteiger partial charge in [0, 0.05) is 0 Å². The Labute approximate surface area is 104 Å². The minimum absolute atomic E-state index is 1.13. The molecule has 0 bridgehead atoms. The van der Waals surface area contributed by atoms with Crippen LogP contribution in [0.15, 0.2) is 42.5 Å². The first-order valence-corrected chi connectivity index (χ1v) is 6.27. The van der Waals surface area contributed by atoms with Crippen molar-refractivity contribution < 1.29 is 0 Å². The highest BCUT2D eigenvalue weighted by Crippen LogP contribution is 2.13. The normalized spacial score (nSPS) is 10.5. The van der Waals surface area contributed by atoms with Gasteiger partial charge < -0.3 is 0 Å². The van der Waals surface area contributed by atoms with Crippen molar-refractivity contribution >= 4 is 0 Å². The minimum atomic E-state index is 1.13. The molecular weight excluding hydrogens is 204 g/mol. The van der Waals surface area contributed by atoms with E-state index < -0.39 is 0 Å². The first-order chi connectivity index (χ1) is 8.15. The maximum absolute atomic E-state index is 2.31. The van der Waals surface area contributed by atoms with E-state index in [0.717, 1.165) is 12.8 Å². The summed E-state index contributed by atoms with van der Waals surface area (Å²) in [5.41, 5.74) is 7.00. The lowest BCUT2D eigenvalue weighted by molar-refractivity contribution is 0.954. The predicted octanol–water partition coefficient (Wildman–Crippen LogP) is 4.40. The van der Waals surface area contributed by atoms with Crippen LogP contribution in [0.25, 0.3) is 0 Å². The van der Waals surface area contributed by atoms with E-state index in [0.29, 0.717) is 0 Å². The molecule has 0 heteroatoms. The molecule has 0 aliphatic rings. The summed E-state index contributed by atoms with van der Waals surface area (Å²) in [5.74, 6) is 0. The summed E-state index contributed by atoms with van der Waals surface area (Å²) in [6.07, 6.45) is 2.26. The summed E-state index contributed by atoms with van der Waals surface area (Å²) in [7, 11) is 0. The number of hydrogen-bond donors (Lipinski definition) is 0. The zero-order valence-electron chi connectivity index (χ0n) is 11.0. The molecule has 0 saturated heterocycles. The van der Waals surface area contributed by atoms with Gasteiger partial charge in [0.05, 0.1) is 0 Å². The molecule has 0 saturated carbocycles. The van der Waals surface area contributed by atoms with Crippen molar-refractivity contribution in [3.05, 3.63) is 70.3 Å². The van der Waals surface area contributed by atoms with Gasteiger partial charge in [0.1, 0.15) is 0 Å². The molecule has 17 heavy (non-hydrogen) atoms. The molecule has 2 rings (SSSR count). The molecule has 0 radical (unpaired) electrons. The molecule has 0 nitrogen and oxygen atoms in total. The second-order valence-electron chi connectivity index (χ2n) is 4.91. The third kappa shape index (κ3) is 3.20. The van der Waals surface area contributed by atoms with Gasteiger partial charge in [-0.05, 0) is 55.9 Å². The smallest absolute Gasteiger partial charge is 0.0238 e. The molecule has 2 aromatic rings. The number of hydrogen-bond acceptors (Lipinski definition) is 0. The van der Waals surface area contributed by atoms with E-state index in [1.165, 1.54) is 27.8 Å². The van der Waals surface area contributed by atoms with E-state index in [1.807, 2.05) is 0 Å². The van der Waals surface area contributed by atoms with Crippen LogP contribution in [0.1, 0.15) is 27.8 Å². The molecule has 0 N–H and O–H groups in total. The Kier molecular flexibility index (Phi) is 3.63. The topological polar surface area (TPSA) is 0 Å². The zero-order valence-corrected chi connectivity index (χ0v) is 11.0. The van der Waals surface area contributed by atoms with Crippen LogP contribution in [0, 0.1) is 20.8 Å². The lowest BCUT2D eigenvalue weighted by Crippen LogP contribution is -1.93. The number of benzene rings is 2. The summed E-state index contributed by atoms with van der Waals surface area (Å²) < 4.78 is 0. The lowest BCUT2D eigenvalue weighted by Gasteiger charge is -2.06. The van der Waals surface area contributed by atoms with Crippen LogP contribution >= 0.6 is 0 Å². The van der Waals surface area contributed by atoms with Gasteiger partial charge in [0.2, 0.25) is 0 Å². The van der Waals surface area contributed by atoms with E-state index >= 15 is 0 Å². The highest BCUT2D eigenvalue weighted by atomic mass is 14.0. The van der Waals surface area contributed by atoms with Crippen LogP contribution in [0.3, 0.4) is 0 Å². The number of aryl methyl sites for hydroxylation is 5. The fourth-order valence-electron chi connectivity index (χ4n) is 2.12. The van der Waals surface area contributed by atoms with Crippen molar-refractivity contribution in [2.75, 3.05) is 0 Å². The maximum Gasteiger partial charge on any atom is -0.0238 e. The van der Waals surface area contributed by atoms with Gasteiger partial charge in [-0.25, -0.2) is 0 Å². The van der Waals surface area contributed by atoms with Crippen molar-refractivity contribution in [1.29, 1.82) is 0 Å². The fourth-order valence-corrected chi connectivity index (χ4v) is 2.12. The molecule has 0 atom stereocenters. The van der Waals surface area contributed by atoms with E-state index in [2.05, 4.69) is 63.2 Å². The van der Waals surface area contributed by atoms with Gasteiger partial charge in [-0.15, -0.1) is 0 Å². The molecule has 0 amide bonds. The van der Waals surface area contributed by atoms with Crippen LogP contribution in [0.4, 0.5) is 0 Å². The van der Waals surface area contributed by atoms with Crippen LogP contribution in [-0.2, 0) is 12.8 Å². The van der Waals surface area contributed by atoms with Crippen molar-refractivity contribution in [3.63, 3.8) is 0 Å². The molecular formula is C17H20. The third-order valence-corrected chi connectivity index (χ3v) is 3.36. The molecule has 0 aromatic heterocycles. The summed E-state index contributed by atoms with van der Waals surface area (Å²) in [4.78, 5) is 0. The van der Waals surface area contributed by atoms with Crippen molar-refractivity contribution in [2.45, 2.75) is 33.6 Å². The highest BCUT2D eigenvalue weighted by Gasteiger charge is 1.98. The van der Waals surface area contributed by atoms with Gasteiger partial charge >= 0.3 is 0 Å². The van der Waals surface area contributed by atoms with E-state index in [9.17, 15) is 0 Å². The average Bonchev–Trinajstić information content (AvgIpc) is 2.31. The Morgan fingerprint density at radius 1 is 0.706 bits per heavy atom. The zero-order chi connectivity index (χ0) is 12.3. The predicted molar refractivity (Wildman–Crippen MR) is 74.5 cm³/mol. The first kappa shape index (κ1) is 11.9.